The summed E-state index contributed by atoms with van der Waals surface area (Å²) < 4.78 is 13.2. The zero-order valence-electron chi connectivity index (χ0n) is 14.8. The van der Waals surface area contributed by atoms with Crippen molar-refractivity contribution in [1.29, 1.82) is 0 Å². The molecule has 2 aromatic carbocycles. The van der Waals surface area contributed by atoms with E-state index in [1.54, 1.807) is 6.07 Å². The number of benzene rings is 2. The first-order chi connectivity index (χ1) is 12.6. The third-order valence-corrected chi connectivity index (χ3v) is 5.07. The van der Waals surface area contributed by atoms with Crippen LogP contribution < -0.4 is 5.32 Å². The van der Waals surface area contributed by atoms with Crippen LogP contribution in [0.5, 0.6) is 0 Å². The summed E-state index contributed by atoms with van der Waals surface area (Å²) in [7, 11) is 0. The molecular formula is C21H24ClFN2O. The molecule has 0 bridgehead atoms. The summed E-state index contributed by atoms with van der Waals surface area (Å²) in [5.74, 6) is -0.279. The fourth-order valence-electron chi connectivity index (χ4n) is 3.47. The first-order valence-corrected chi connectivity index (χ1v) is 9.50. The monoisotopic (exact) mass is 374 g/mol. The van der Waals surface area contributed by atoms with Crippen molar-refractivity contribution in [2.75, 3.05) is 19.6 Å². The summed E-state index contributed by atoms with van der Waals surface area (Å²) in [5, 5.41) is 3.76. The van der Waals surface area contributed by atoms with Gasteiger partial charge in [-0.2, -0.15) is 0 Å². The molecule has 0 radical (unpaired) electrons. The number of aryl methyl sites for hydroxylation is 1. The molecule has 0 aromatic heterocycles. The smallest absolute Gasteiger partial charge is 0.220 e. The molecule has 0 saturated carbocycles. The average Bonchev–Trinajstić information content (AvgIpc) is 3.15. The van der Waals surface area contributed by atoms with Crippen molar-refractivity contribution < 1.29 is 9.18 Å². The molecule has 26 heavy (non-hydrogen) atoms. The molecule has 1 amide bonds. The van der Waals surface area contributed by atoms with Gasteiger partial charge in [-0.25, -0.2) is 4.39 Å². The van der Waals surface area contributed by atoms with Crippen molar-refractivity contribution in [2.24, 2.45) is 0 Å². The summed E-state index contributed by atoms with van der Waals surface area (Å²) in [6.45, 7) is 2.63. The van der Waals surface area contributed by atoms with Gasteiger partial charge in [-0.3, -0.25) is 9.69 Å². The third-order valence-electron chi connectivity index (χ3n) is 4.84. The molecule has 3 nitrogen and oxygen atoms in total. The van der Waals surface area contributed by atoms with E-state index >= 15 is 0 Å². The van der Waals surface area contributed by atoms with Gasteiger partial charge in [-0.05, 0) is 67.7 Å². The largest absolute Gasteiger partial charge is 0.354 e. The number of hydrogen-bond acceptors (Lipinski definition) is 2. The lowest BCUT2D eigenvalue weighted by Crippen LogP contribution is -2.36. The maximum Gasteiger partial charge on any atom is 0.220 e. The standard InChI is InChI=1S/C21H24ClFN2O/c22-18-7-4-6-17(14-18)20(25-11-1-2-12-25)15-24-21(26)10-9-16-5-3-8-19(23)13-16/h3-8,13-14,20H,1-2,9-12,15H2,(H,24,26). The lowest BCUT2D eigenvalue weighted by atomic mass is 10.1. The van der Waals surface area contributed by atoms with E-state index in [0.29, 0.717) is 24.4 Å². The predicted molar refractivity (Wildman–Crippen MR) is 103 cm³/mol. The Balaban J connectivity index is 1.57. The number of nitrogens with zero attached hydrogens (tertiary/aromatic N) is 1. The predicted octanol–water partition coefficient (Wildman–Crippen LogP) is 4.37. The van der Waals surface area contributed by atoms with Crippen LogP contribution in [0.25, 0.3) is 0 Å². The summed E-state index contributed by atoms with van der Waals surface area (Å²) in [6, 6.07) is 14.4. The van der Waals surface area contributed by atoms with Crippen molar-refractivity contribution in [3.63, 3.8) is 0 Å². The quantitative estimate of drug-likeness (QED) is 0.780. The Bertz CT molecular complexity index is 746. The molecule has 1 N–H and O–H groups in total. The molecule has 1 aliphatic rings. The molecular weight excluding hydrogens is 351 g/mol. The van der Waals surface area contributed by atoms with E-state index < -0.39 is 0 Å². The van der Waals surface area contributed by atoms with Crippen LogP contribution in [0.15, 0.2) is 48.5 Å². The van der Waals surface area contributed by atoms with Crippen LogP contribution in [0.3, 0.4) is 0 Å². The Labute approximate surface area is 159 Å². The highest BCUT2D eigenvalue weighted by Gasteiger charge is 2.24. The highest BCUT2D eigenvalue weighted by molar-refractivity contribution is 6.30. The van der Waals surface area contributed by atoms with Gasteiger partial charge >= 0.3 is 0 Å². The molecule has 1 fully saturated rings. The molecule has 1 saturated heterocycles. The van der Waals surface area contributed by atoms with E-state index in [1.807, 2.05) is 24.3 Å². The van der Waals surface area contributed by atoms with Gasteiger partial charge in [-0.15, -0.1) is 0 Å². The first kappa shape index (κ1) is 18.9. The number of carbonyl (C=O) groups excluding carboxylic acids is 1. The topological polar surface area (TPSA) is 32.3 Å². The van der Waals surface area contributed by atoms with Crippen LogP contribution in [0, 0.1) is 5.82 Å². The highest BCUT2D eigenvalue weighted by Crippen LogP contribution is 2.26. The highest BCUT2D eigenvalue weighted by atomic mass is 35.5. The van der Waals surface area contributed by atoms with Crippen molar-refractivity contribution in [3.8, 4) is 0 Å². The second-order valence-corrected chi connectivity index (χ2v) is 7.18. The third kappa shape index (κ3) is 5.29. The molecule has 1 unspecified atom stereocenters. The molecule has 1 atom stereocenters. The minimum Gasteiger partial charge on any atom is -0.354 e. The van der Waals surface area contributed by atoms with Crippen LogP contribution in [0.4, 0.5) is 4.39 Å². The molecule has 1 heterocycles. The van der Waals surface area contributed by atoms with E-state index in [1.165, 1.54) is 25.0 Å². The van der Waals surface area contributed by atoms with E-state index in [2.05, 4.69) is 16.3 Å². The number of carbonyl (C=O) groups is 1. The van der Waals surface area contributed by atoms with Crippen LogP contribution in [0.2, 0.25) is 5.02 Å². The van der Waals surface area contributed by atoms with Gasteiger partial charge in [0.15, 0.2) is 0 Å². The number of halogens is 2. The van der Waals surface area contributed by atoms with Crippen molar-refractivity contribution >= 4 is 17.5 Å². The van der Waals surface area contributed by atoms with Crippen LogP contribution in [-0.4, -0.2) is 30.4 Å². The number of nitrogens with one attached hydrogen (secondary N) is 1. The van der Waals surface area contributed by atoms with Crippen LogP contribution >= 0.6 is 11.6 Å². The number of hydrogen-bond donors (Lipinski definition) is 1. The molecule has 0 spiro atoms. The number of rotatable bonds is 7. The van der Waals surface area contributed by atoms with Gasteiger partial charge in [0.25, 0.3) is 0 Å². The molecule has 1 aliphatic heterocycles. The lowest BCUT2D eigenvalue weighted by molar-refractivity contribution is -0.121. The maximum absolute atomic E-state index is 13.2. The van der Waals surface area contributed by atoms with Crippen molar-refractivity contribution in [2.45, 2.75) is 31.7 Å². The second kappa shape index (κ2) is 9.15. The number of likely N-dealkylation sites (tertiary alicyclic amines) is 1. The molecule has 138 valence electrons. The Morgan fingerprint density at radius 1 is 1.15 bits per heavy atom. The van der Waals surface area contributed by atoms with Gasteiger partial charge in [0.1, 0.15) is 5.82 Å². The Morgan fingerprint density at radius 2 is 1.92 bits per heavy atom. The van der Waals surface area contributed by atoms with Crippen LogP contribution in [0.1, 0.15) is 36.4 Å². The molecule has 2 aromatic rings. The SMILES string of the molecule is O=C(CCc1cccc(F)c1)NCC(c1cccc(Cl)c1)N1CCCC1. The van der Waals surface area contributed by atoms with Gasteiger partial charge < -0.3 is 5.32 Å². The molecule has 3 rings (SSSR count). The lowest BCUT2D eigenvalue weighted by Gasteiger charge is -2.28. The van der Waals surface area contributed by atoms with Gasteiger partial charge in [-0.1, -0.05) is 35.9 Å². The fraction of sp³-hybridized carbons (Fsp3) is 0.381. The van der Waals surface area contributed by atoms with Crippen LogP contribution in [-0.2, 0) is 11.2 Å². The summed E-state index contributed by atoms with van der Waals surface area (Å²) in [6.07, 6.45) is 3.26. The molecule has 0 aliphatic carbocycles. The number of amides is 1. The van der Waals surface area contributed by atoms with Gasteiger partial charge in [0.05, 0.1) is 6.04 Å². The normalized spacial score (nSPS) is 15.8. The summed E-state index contributed by atoms with van der Waals surface area (Å²) in [5.41, 5.74) is 1.97. The van der Waals surface area contributed by atoms with E-state index in [4.69, 9.17) is 11.6 Å². The Morgan fingerprint density at radius 3 is 2.65 bits per heavy atom. The summed E-state index contributed by atoms with van der Waals surface area (Å²) >= 11 is 6.15. The second-order valence-electron chi connectivity index (χ2n) is 6.75. The van der Waals surface area contributed by atoms with E-state index in [0.717, 1.165) is 24.2 Å². The minimum absolute atomic E-state index is 0.0134. The Kier molecular flexibility index (Phi) is 6.64. The van der Waals surface area contributed by atoms with Gasteiger partial charge in [0.2, 0.25) is 5.91 Å². The van der Waals surface area contributed by atoms with Crippen molar-refractivity contribution in [1.82, 2.24) is 10.2 Å². The zero-order valence-corrected chi connectivity index (χ0v) is 15.5. The van der Waals surface area contributed by atoms with E-state index in [-0.39, 0.29) is 17.8 Å². The summed E-state index contributed by atoms with van der Waals surface area (Å²) in [4.78, 5) is 14.7. The molecule has 5 heteroatoms. The van der Waals surface area contributed by atoms with E-state index in [9.17, 15) is 9.18 Å². The first-order valence-electron chi connectivity index (χ1n) is 9.12. The Hall–Kier alpha value is -1.91. The maximum atomic E-state index is 13.2. The fourth-order valence-corrected chi connectivity index (χ4v) is 3.67. The minimum atomic E-state index is -0.266. The van der Waals surface area contributed by atoms with Gasteiger partial charge in [0, 0.05) is 18.0 Å². The zero-order chi connectivity index (χ0) is 18.4. The average molecular weight is 375 g/mol. The van der Waals surface area contributed by atoms with Crippen molar-refractivity contribution in [3.05, 3.63) is 70.5 Å².